The highest BCUT2D eigenvalue weighted by molar-refractivity contribution is 5.76. The Morgan fingerprint density at radius 1 is 1.29 bits per heavy atom. The van der Waals surface area contributed by atoms with Crippen molar-refractivity contribution in [2.45, 2.75) is 51.6 Å². The third-order valence-corrected chi connectivity index (χ3v) is 5.61. The van der Waals surface area contributed by atoms with Crippen molar-refractivity contribution >= 4 is 11.6 Å². The predicted octanol–water partition coefficient (Wildman–Crippen LogP) is 3.87. The number of fused-ring (bicyclic) bond motifs is 1. The largest absolute Gasteiger partial charge is 0.331 e. The van der Waals surface area contributed by atoms with E-state index in [1.54, 1.807) is 6.07 Å². The summed E-state index contributed by atoms with van der Waals surface area (Å²) in [5.41, 5.74) is 3.67. The average Bonchev–Trinajstić information content (AvgIpc) is 3.24. The second kappa shape index (κ2) is 7.73. The van der Waals surface area contributed by atoms with Crippen LogP contribution in [-0.2, 0) is 6.42 Å². The fraction of sp³-hybridized carbons (Fsp3) is 0.476. The van der Waals surface area contributed by atoms with Crippen LogP contribution in [0.3, 0.4) is 0 Å². The van der Waals surface area contributed by atoms with E-state index < -0.39 is 0 Å². The number of carbonyl (C=O) groups excluding carboxylic acids is 1. The second-order valence-corrected chi connectivity index (χ2v) is 7.78. The molecule has 28 heavy (non-hydrogen) atoms. The van der Waals surface area contributed by atoms with Crippen LogP contribution < -0.4 is 5.32 Å². The molecule has 1 aromatic carbocycles. The molecule has 0 saturated heterocycles. The van der Waals surface area contributed by atoms with Gasteiger partial charge in [-0.3, -0.25) is 0 Å². The number of rotatable bonds is 3. The number of hydrogen-bond donors (Lipinski definition) is 1. The number of halogens is 1. The molecule has 0 radical (unpaired) electrons. The fourth-order valence-corrected chi connectivity index (χ4v) is 3.98. The maximum atomic E-state index is 13.9. The van der Waals surface area contributed by atoms with Gasteiger partial charge in [0.05, 0.1) is 12.2 Å². The van der Waals surface area contributed by atoms with Gasteiger partial charge in [-0.25, -0.2) is 13.9 Å². The summed E-state index contributed by atoms with van der Waals surface area (Å²) in [6.45, 7) is 5.43. The molecule has 0 saturated carbocycles. The van der Waals surface area contributed by atoms with Crippen LogP contribution in [0.1, 0.15) is 62.0 Å². The van der Waals surface area contributed by atoms with Gasteiger partial charge in [0.25, 0.3) is 0 Å². The van der Waals surface area contributed by atoms with E-state index in [4.69, 9.17) is 0 Å². The molecule has 1 N–H and O–H groups in total. The molecule has 7 heteroatoms. The van der Waals surface area contributed by atoms with Crippen LogP contribution in [0.15, 0.2) is 30.5 Å². The lowest BCUT2D eigenvalue weighted by molar-refractivity contribution is 0.196. The standard InChI is InChI=1S/C21H26FN5O/c1-14(2)27-13-20(24-25-27)15-5-4-11-26(12-10-15)21(28)23-19-9-8-16-17(19)6-3-7-18(16)22/h3,5-7,13-14,19H,4,8-12H2,1-2H3,(H,23,28)/t19-/m0/s1. The van der Waals surface area contributed by atoms with Gasteiger partial charge in [-0.2, -0.15) is 0 Å². The number of amides is 2. The summed E-state index contributed by atoms with van der Waals surface area (Å²) in [7, 11) is 0. The minimum atomic E-state index is -0.174. The molecule has 6 nitrogen and oxygen atoms in total. The van der Waals surface area contributed by atoms with Gasteiger partial charge in [-0.05, 0) is 62.3 Å². The van der Waals surface area contributed by atoms with Crippen LogP contribution in [0.2, 0.25) is 0 Å². The molecular formula is C21H26FN5O. The zero-order valence-corrected chi connectivity index (χ0v) is 16.4. The molecular weight excluding hydrogens is 357 g/mol. The third-order valence-electron chi connectivity index (χ3n) is 5.61. The van der Waals surface area contributed by atoms with Crippen LogP contribution in [0.25, 0.3) is 5.57 Å². The minimum absolute atomic E-state index is 0.0809. The van der Waals surface area contributed by atoms with Gasteiger partial charge in [0.1, 0.15) is 11.5 Å². The highest BCUT2D eigenvalue weighted by Gasteiger charge is 2.28. The molecule has 4 rings (SSSR count). The van der Waals surface area contributed by atoms with Crippen molar-refractivity contribution in [3.05, 3.63) is 53.1 Å². The van der Waals surface area contributed by atoms with Crippen molar-refractivity contribution in [3.63, 3.8) is 0 Å². The molecule has 0 fully saturated rings. The van der Waals surface area contributed by atoms with Gasteiger partial charge in [-0.15, -0.1) is 5.10 Å². The second-order valence-electron chi connectivity index (χ2n) is 7.78. The number of hydrogen-bond acceptors (Lipinski definition) is 3. The number of urea groups is 1. The highest BCUT2D eigenvalue weighted by atomic mass is 19.1. The summed E-state index contributed by atoms with van der Waals surface area (Å²) in [5.74, 6) is -0.174. The molecule has 2 amide bonds. The Morgan fingerprint density at radius 2 is 2.14 bits per heavy atom. The SMILES string of the molecule is CC(C)n1cc(C2=CCCN(C(=O)N[C@H]3CCc4c(F)cccc43)CC2)nn1. The molecule has 1 aliphatic carbocycles. The molecule has 148 valence electrons. The lowest BCUT2D eigenvalue weighted by atomic mass is 10.1. The number of carbonyl (C=O) groups is 1. The van der Waals surface area contributed by atoms with E-state index in [0.29, 0.717) is 19.5 Å². The van der Waals surface area contributed by atoms with E-state index in [2.05, 4.69) is 35.6 Å². The number of aromatic nitrogens is 3. The first-order valence-electron chi connectivity index (χ1n) is 9.97. The molecule has 1 aromatic heterocycles. The molecule has 0 bridgehead atoms. The van der Waals surface area contributed by atoms with Crippen LogP contribution >= 0.6 is 0 Å². The van der Waals surface area contributed by atoms with Crippen molar-refractivity contribution in [1.82, 2.24) is 25.2 Å². The van der Waals surface area contributed by atoms with Crippen molar-refractivity contribution < 1.29 is 9.18 Å². The average molecular weight is 383 g/mol. The Hall–Kier alpha value is -2.70. The predicted molar refractivity (Wildman–Crippen MR) is 105 cm³/mol. The normalized spacial score (nSPS) is 19.4. The van der Waals surface area contributed by atoms with E-state index in [1.165, 1.54) is 6.07 Å². The third kappa shape index (κ3) is 3.66. The van der Waals surface area contributed by atoms with E-state index in [-0.39, 0.29) is 23.9 Å². The highest BCUT2D eigenvalue weighted by Crippen LogP contribution is 2.33. The van der Waals surface area contributed by atoms with Crippen LogP contribution in [0.4, 0.5) is 9.18 Å². The van der Waals surface area contributed by atoms with Crippen LogP contribution in [-0.4, -0.2) is 39.0 Å². The topological polar surface area (TPSA) is 63.1 Å². The van der Waals surface area contributed by atoms with Crippen molar-refractivity contribution in [1.29, 1.82) is 0 Å². The summed E-state index contributed by atoms with van der Waals surface area (Å²) < 4.78 is 15.8. The summed E-state index contributed by atoms with van der Waals surface area (Å²) >= 11 is 0. The summed E-state index contributed by atoms with van der Waals surface area (Å²) in [6, 6.07) is 5.19. The summed E-state index contributed by atoms with van der Waals surface area (Å²) in [6.07, 6.45) is 7.08. The van der Waals surface area contributed by atoms with E-state index in [1.807, 2.05) is 21.8 Å². The monoisotopic (exact) mass is 383 g/mol. The van der Waals surface area contributed by atoms with Crippen molar-refractivity contribution in [3.8, 4) is 0 Å². The Morgan fingerprint density at radius 3 is 2.93 bits per heavy atom. The van der Waals surface area contributed by atoms with Gasteiger partial charge in [-0.1, -0.05) is 23.4 Å². The van der Waals surface area contributed by atoms with Gasteiger partial charge in [0.2, 0.25) is 0 Å². The van der Waals surface area contributed by atoms with Gasteiger partial charge >= 0.3 is 6.03 Å². The molecule has 2 heterocycles. The molecule has 0 unspecified atom stereocenters. The Balaban J connectivity index is 1.38. The first-order valence-corrected chi connectivity index (χ1v) is 9.97. The maximum Gasteiger partial charge on any atom is 0.317 e. The molecule has 1 aliphatic heterocycles. The number of nitrogens with one attached hydrogen (secondary N) is 1. The fourth-order valence-electron chi connectivity index (χ4n) is 3.98. The zero-order valence-electron chi connectivity index (χ0n) is 16.4. The van der Waals surface area contributed by atoms with Gasteiger partial charge in [0, 0.05) is 19.1 Å². The van der Waals surface area contributed by atoms with E-state index >= 15 is 0 Å². The Bertz CT molecular complexity index is 904. The first kappa shape index (κ1) is 18.7. The zero-order chi connectivity index (χ0) is 19.7. The maximum absolute atomic E-state index is 13.9. The summed E-state index contributed by atoms with van der Waals surface area (Å²) in [4.78, 5) is 14.6. The summed E-state index contributed by atoms with van der Waals surface area (Å²) in [5, 5.41) is 11.6. The lowest BCUT2D eigenvalue weighted by Crippen LogP contribution is -2.41. The van der Waals surface area contributed by atoms with Gasteiger partial charge in [0.15, 0.2) is 0 Å². The molecule has 2 aromatic rings. The van der Waals surface area contributed by atoms with Gasteiger partial charge < -0.3 is 10.2 Å². The van der Waals surface area contributed by atoms with Crippen molar-refractivity contribution in [2.24, 2.45) is 0 Å². The molecule has 1 atom stereocenters. The minimum Gasteiger partial charge on any atom is -0.331 e. The van der Waals surface area contributed by atoms with E-state index in [9.17, 15) is 9.18 Å². The Kier molecular flexibility index (Phi) is 5.15. The van der Waals surface area contributed by atoms with Crippen LogP contribution in [0, 0.1) is 5.82 Å². The quantitative estimate of drug-likeness (QED) is 0.875. The van der Waals surface area contributed by atoms with Crippen molar-refractivity contribution in [2.75, 3.05) is 13.1 Å². The Labute approximate surface area is 164 Å². The smallest absolute Gasteiger partial charge is 0.317 e. The number of benzene rings is 1. The number of nitrogens with zero attached hydrogens (tertiary/aromatic N) is 4. The molecule has 0 spiro atoms. The van der Waals surface area contributed by atoms with E-state index in [0.717, 1.165) is 41.7 Å². The van der Waals surface area contributed by atoms with Crippen LogP contribution in [0.5, 0.6) is 0 Å². The first-order chi connectivity index (χ1) is 13.5. The lowest BCUT2D eigenvalue weighted by Gasteiger charge is -2.24. The molecule has 2 aliphatic rings.